The predicted molar refractivity (Wildman–Crippen MR) is 140 cm³/mol. The summed E-state index contributed by atoms with van der Waals surface area (Å²) in [7, 11) is 4.49. The lowest BCUT2D eigenvalue weighted by atomic mass is 9.96. The molecule has 0 aromatic heterocycles. The second-order valence-electron chi connectivity index (χ2n) is 7.84. The average molecular weight is 483 g/mol. The van der Waals surface area contributed by atoms with Crippen molar-refractivity contribution < 1.29 is 23.8 Å². The number of carbonyl (C=O) groups is 2. The van der Waals surface area contributed by atoms with Gasteiger partial charge in [0.2, 0.25) is 5.78 Å². The van der Waals surface area contributed by atoms with Gasteiger partial charge in [0.25, 0.3) is 5.79 Å². The lowest BCUT2D eigenvalue weighted by Gasteiger charge is -2.29. The lowest BCUT2D eigenvalue weighted by molar-refractivity contribution is -0.176. The van der Waals surface area contributed by atoms with Gasteiger partial charge in [0.05, 0.1) is 0 Å². The van der Waals surface area contributed by atoms with Crippen LogP contribution in [0.4, 0.5) is 0 Å². The Balaban J connectivity index is 0.000000202. The van der Waals surface area contributed by atoms with E-state index in [-0.39, 0.29) is 11.6 Å². The number of ketones is 2. The first-order valence-electron chi connectivity index (χ1n) is 11.5. The van der Waals surface area contributed by atoms with Crippen molar-refractivity contribution >= 4 is 11.6 Å². The van der Waals surface area contributed by atoms with Gasteiger partial charge in [0.1, 0.15) is 6.10 Å². The van der Waals surface area contributed by atoms with E-state index in [0.717, 1.165) is 5.56 Å². The summed E-state index contributed by atoms with van der Waals surface area (Å²) in [5, 5.41) is 0. The molecule has 4 aromatic rings. The first-order valence-corrected chi connectivity index (χ1v) is 11.5. The number of rotatable bonds is 9. The predicted octanol–water partition coefficient (Wildman–Crippen LogP) is 6.27. The molecule has 0 saturated carbocycles. The highest BCUT2D eigenvalue weighted by atomic mass is 16.7. The molecule has 0 spiro atoms. The van der Waals surface area contributed by atoms with Crippen LogP contribution in [0.15, 0.2) is 121 Å². The lowest BCUT2D eigenvalue weighted by Crippen LogP contribution is -2.39. The van der Waals surface area contributed by atoms with Crippen molar-refractivity contribution in [2.24, 2.45) is 0 Å². The Kier molecular flexibility index (Phi) is 9.83. The van der Waals surface area contributed by atoms with Crippen molar-refractivity contribution in [3.63, 3.8) is 0 Å². The van der Waals surface area contributed by atoms with E-state index in [2.05, 4.69) is 0 Å². The molecule has 0 saturated heterocycles. The van der Waals surface area contributed by atoms with Crippen molar-refractivity contribution in [1.29, 1.82) is 0 Å². The van der Waals surface area contributed by atoms with Crippen LogP contribution >= 0.6 is 0 Å². The van der Waals surface area contributed by atoms with Gasteiger partial charge >= 0.3 is 0 Å². The van der Waals surface area contributed by atoms with E-state index in [9.17, 15) is 9.59 Å². The summed E-state index contributed by atoms with van der Waals surface area (Å²) in [5.41, 5.74) is 2.77. The van der Waals surface area contributed by atoms with Crippen molar-refractivity contribution in [2.45, 2.75) is 11.9 Å². The molecule has 184 valence electrons. The number of methoxy groups -OCH3 is 3. The van der Waals surface area contributed by atoms with Gasteiger partial charge in [-0.3, -0.25) is 9.59 Å². The molecule has 0 aliphatic heterocycles. The van der Waals surface area contributed by atoms with E-state index in [1.54, 1.807) is 31.4 Å². The third kappa shape index (κ3) is 6.20. The van der Waals surface area contributed by atoms with Crippen LogP contribution in [-0.4, -0.2) is 32.9 Å². The molecule has 36 heavy (non-hydrogen) atoms. The van der Waals surface area contributed by atoms with E-state index in [1.165, 1.54) is 14.2 Å². The fraction of sp³-hybridized carbons (Fsp3) is 0.161. The molecular formula is C31H30O5. The van der Waals surface area contributed by atoms with Gasteiger partial charge in [-0.1, -0.05) is 121 Å². The summed E-state index contributed by atoms with van der Waals surface area (Å²) >= 11 is 0. The Labute approximate surface area is 212 Å². The van der Waals surface area contributed by atoms with Crippen LogP contribution in [0.1, 0.15) is 37.9 Å². The Hall–Kier alpha value is -3.90. The normalized spacial score (nSPS) is 11.6. The molecule has 5 heteroatoms. The van der Waals surface area contributed by atoms with Crippen LogP contribution in [0.5, 0.6) is 0 Å². The van der Waals surface area contributed by atoms with Gasteiger partial charge < -0.3 is 14.2 Å². The molecule has 4 rings (SSSR count). The maximum Gasteiger partial charge on any atom is 0.260 e. The highest BCUT2D eigenvalue weighted by molar-refractivity contribution is 6.02. The number of Topliss-reactive ketones (excluding diaryl/α,β-unsaturated/α-hetero) is 2. The second-order valence-corrected chi connectivity index (χ2v) is 7.84. The fourth-order valence-corrected chi connectivity index (χ4v) is 3.85. The molecule has 0 fully saturated rings. The van der Waals surface area contributed by atoms with Crippen molar-refractivity contribution in [2.75, 3.05) is 21.3 Å². The van der Waals surface area contributed by atoms with Gasteiger partial charge in [0.15, 0.2) is 5.78 Å². The number of hydrogen-bond acceptors (Lipinski definition) is 5. The van der Waals surface area contributed by atoms with Crippen LogP contribution in [0, 0.1) is 0 Å². The standard InChI is InChI=1S/C16H16O3.C15H14O2/c1-18-16(19-2,14-11-7-4-8-12-14)15(17)13-9-5-3-6-10-13;1-17-15(13-10-6-3-7-11-13)14(16)12-8-4-2-5-9-12/h3-12H,1-2H3;2-11,15H,1H3. The highest BCUT2D eigenvalue weighted by Crippen LogP contribution is 2.30. The Bertz CT molecular complexity index is 1210. The minimum absolute atomic E-state index is 0.0145. The largest absolute Gasteiger partial charge is 0.369 e. The Morgan fingerprint density at radius 1 is 0.583 bits per heavy atom. The zero-order valence-corrected chi connectivity index (χ0v) is 20.7. The maximum atomic E-state index is 12.7. The van der Waals surface area contributed by atoms with Crippen molar-refractivity contribution in [3.8, 4) is 0 Å². The summed E-state index contributed by atoms with van der Waals surface area (Å²) in [6, 6.07) is 36.9. The number of ether oxygens (including phenoxy) is 3. The third-order valence-electron chi connectivity index (χ3n) is 5.70. The molecule has 1 atom stereocenters. The monoisotopic (exact) mass is 482 g/mol. The molecule has 0 radical (unpaired) electrons. The minimum atomic E-state index is -1.40. The summed E-state index contributed by atoms with van der Waals surface area (Å²) < 4.78 is 16.1. The molecule has 0 bridgehead atoms. The quantitative estimate of drug-likeness (QED) is 0.208. The third-order valence-corrected chi connectivity index (χ3v) is 5.70. The molecule has 0 amide bonds. The van der Waals surface area contributed by atoms with Crippen LogP contribution in [0.25, 0.3) is 0 Å². The molecular weight excluding hydrogens is 452 g/mol. The number of benzene rings is 4. The smallest absolute Gasteiger partial charge is 0.260 e. The minimum Gasteiger partial charge on any atom is -0.369 e. The van der Waals surface area contributed by atoms with Crippen LogP contribution in [0.2, 0.25) is 0 Å². The first kappa shape index (κ1) is 26.7. The van der Waals surface area contributed by atoms with E-state index >= 15 is 0 Å². The van der Waals surface area contributed by atoms with Crippen molar-refractivity contribution in [3.05, 3.63) is 144 Å². The highest BCUT2D eigenvalue weighted by Gasteiger charge is 2.41. The fourth-order valence-electron chi connectivity index (χ4n) is 3.85. The molecule has 1 unspecified atom stereocenters. The zero-order valence-electron chi connectivity index (χ0n) is 20.7. The van der Waals surface area contributed by atoms with E-state index in [1.807, 2.05) is 97.1 Å². The van der Waals surface area contributed by atoms with Crippen LogP contribution in [-0.2, 0) is 20.0 Å². The molecule has 0 N–H and O–H groups in total. The number of carbonyl (C=O) groups excluding carboxylic acids is 2. The summed E-state index contributed by atoms with van der Waals surface area (Å²) in [4.78, 5) is 24.9. The first-order chi connectivity index (χ1) is 17.6. The van der Waals surface area contributed by atoms with E-state index in [4.69, 9.17) is 14.2 Å². The van der Waals surface area contributed by atoms with Gasteiger partial charge in [-0.05, 0) is 5.56 Å². The molecule has 0 aliphatic rings. The summed E-state index contributed by atoms with van der Waals surface area (Å²) in [6.07, 6.45) is -0.529. The summed E-state index contributed by atoms with van der Waals surface area (Å²) in [6.45, 7) is 0. The molecule has 0 heterocycles. The summed E-state index contributed by atoms with van der Waals surface area (Å²) in [5.74, 6) is -1.63. The van der Waals surface area contributed by atoms with E-state index < -0.39 is 11.9 Å². The zero-order chi connectivity index (χ0) is 25.8. The average Bonchev–Trinajstić information content (AvgIpc) is 2.97. The van der Waals surface area contributed by atoms with Gasteiger partial charge in [-0.25, -0.2) is 0 Å². The maximum absolute atomic E-state index is 12.7. The molecule has 5 nitrogen and oxygen atoms in total. The molecule has 0 aliphatic carbocycles. The van der Waals surface area contributed by atoms with Gasteiger partial charge in [-0.2, -0.15) is 0 Å². The Morgan fingerprint density at radius 2 is 1.00 bits per heavy atom. The van der Waals surface area contributed by atoms with Crippen LogP contribution in [0.3, 0.4) is 0 Å². The topological polar surface area (TPSA) is 61.8 Å². The van der Waals surface area contributed by atoms with E-state index in [0.29, 0.717) is 16.7 Å². The van der Waals surface area contributed by atoms with Crippen LogP contribution < -0.4 is 0 Å². The van der Waals surface area contributed by atoms with Gasteiger partial charge in [0, 0.05) is 38.0 Å². The van der Waals surface area contributed by atoms with Crippen molar-refractivity contribution in [1.82, 2.24) is 0 Å². The number of hydrogen-bond donors (Lipinski definition) is 0. The van der Waals surface area contributed by atoms with Gasteiger partial charge in [-0.15, -0.1) is 0 Å². The second kappa shape index (κ2) is 13.3. The Morgan fingerprint density at radius 3 is 1.44 bits per heavy atom. The SMILES string of the molecule is COC(C(=O)c1ccccc1)c1ccccc1.COC(OC)(C(=O)c1ccccc1)c1ccccc1. The molecule has 4 aromatic carbocycles.